The topological polar surface area (TPSA) is 21.3 Å². The third-order valence-corrected chi connectivity index (χ3v) is 3.76. The average molecular weight is 219 g/mol. The first-order valence-corrected chi connectivity index (χ1v) is 6.05. The van der Waals surface area contributed by atoms with E-state index in [1.165, 1.54) is 18.4 Å². The van der Waals surface area contributed by atoms with Gasteiger partial charge in [-0.1, -0.05) is 30.3 Å². The Balaban J connectivity index is 2.11. The maximum atomic E-state index is 5.19. The molecule has 0 saturated heterocycles. The SMILES string of the molecule is CNC(CCOC)C1(c2ccccc2)CC1. The Morgan fingerprint density at radius 2 is 2.00 bits per heavy atom. The maximum absolute atomic E-state index is 5.19. The summed E-state index contributed by atoms with van der Waals surface area (Å²) in [6, 6.07) is 11.4. The van der Waals surface area contributed by atoms with Crippen LogP contribution in [0.25, 0.3) is 0 Å². The molecule has 2 rings (SSSR count). The number of hydrogen-bond acceptors (Lipinski definition) is 2. The zero-order valence-electron chi connectivity index (χ0n) is 10.2. The molecule has 0 heterocycles. The average Bonchev–Trinajstić information content (AvgIpc) is 3.13. The van der Waals surface area contributed by atoms with E-state index in [9.17, 15) is 0 Å². The van der Waals surface area contributed by atoms with E-state index in [1.807, 2.05) is 0 Å². The Bertz CT molecular complexity index is 319. The van der Waals surface area contributed by atoms with Gasteiger partial charge in [0.15, 0.2) is 0 Å². The van der Waals surface area contributed by atoms with Crippen LogP contribution in [-0.4, -0.2) is 26.8 Å². The van der Waals surface area contributed by atoms with Crippen LogP contribution < -0.4 is 5.32 Å². The van der Waals surface area contributed by atoms with Gasteiger partial charge in [0, 0.05) is 25.2 Å². The van der Waals surface area contributed by atoms with Crippen molar-refractivity contribution < 1.29 is 4.74 Å². The van der Waals surface area contributed by atoms with Crippen molar-refractivity contribution >= 4 is 0 Å². The fraction of sp³-hybridized carbons (Fsp3) is 0.571. The second-order valence-electron chi connectivity index (χ2n) is 4.64. The molecule has 2 nitrogen and oxygen atoms in total. The van der Waals surface area contributed by atoms with Gasteiger partial charge in [0.2, 0.25) is 0 Å². The summed E-state index contributed by atoms with van der Waals surface area (Å²) in [7, 11) is 3.83. The fourth-order valence-corrected chi connectivity index (χ4v) is 2.68. The van der Waals surface area contributed by atoms with Crippen molar-refractivity contribution in [1.82, 2.24) is 5.32 Å². The number of benzene rings is 1. The number of likely N-dealkylation sites (N-methyl/N-ethyl adjacent to an activating group) is 1. The first-order valence-electron chi connectivity index (χ1n) is 6.05. The van der Waals surface area contributed by atoms with E-state index in [4.69, 9.17) is 4.74 Å². The van der Waals surface area contributed by atoms with Gasteiger partial charge in [-0.3, -0.25) is 0 Å². The zero-order chi connectivity index (χ0) is 11.4. The summed E-state index contributed by atoms with van der Waals surface area (Å²) in [4.78, 5) is 0. The van der Waals surface area contributed by atoms with Gasteiger partial charge in [-0.05, 0) is 31.9 Å². The van der Waals surface area contributed by atoms with E-state index in [1.54, 1.807) is 7.11 Å². The summed E-state index contributed by atoms with van der Waals surface area (Å²) in [5.74, 6) is 0. The molecule has 1 aliphatic rings. The van der Waals surface area contributed by atoms with Crippen molar-refractivity contribution in [2.45, 2.75) is 30.7 Å². The molecule has 16 heavy (non-hydrogen) atoms. The Kier molecular flexibility index (Phi) is 3.62. The third-order valence-electron chi connectivity index (χ3n) is 3.76. The predicted octanol–water partition coefficient (Wildman–Crippen LogP) is 2.34. The lowest BCUT2D eigenvalue weighted by atomic mass is 9.86. The lowest BCUT2D eigenvalue weighted by Gasteiger charge is -2.27. The van der Waals surface area contributed by atoms with Crippen LogP contribution in [0.2, 0.25) is 0 Å². The van der Waals surface area contributed by atoms with E-state index < -0.39 is 0 Å². The van der Waals surface area contributed by atoms with Crippen LogP contribution >= 0.6 is 0 Å². The summed E-state index contributed by atoms with van der Waals surface area (Å²) in [6.07, 6.45) is 3.68. The largest absolute Gasteiger partial charge is 0.385 e. The van der Waals surface area contributed by atoms with Crippen molar-refractivity contribution in [3.05, 3.63) is 35.9 Å². The van der Waals surface area contributed by atoms with Crippen LogP contribution in [0.1, 0.15) is 24.8 Å². The van der Waals surface area contributed by atoms with E-state index in [0.717, 1.165) is 13.0 Å². The molecule has 0 aromatic heterocycles. The molecule has 0 bridgehead atoms. The quantitative estimate of drug-likeness (QED) is 0.793. The van der Waals surface area contributed by atoms with Gasteiger partial charge in [-0.25, -0.2) is 0 Å². The monoisotopic (exact) mass is 219 g/mol. The van der Waals surface area contributed by atoms with Gasteiger partial charge in [0.25, 0.3) is 0 Å². The molecule has 1 atom stereocenters. The molecular formula is C14H21NO. The van der Waals surface area contributed by atoms with E-state index in [2.05, 4.69) is 42.7 Å². The van der Waals surface area contributed by atoms with Gasteiger partial charge < -0.3 is 10.1 Å². The number of nitrogens with one attached hydrogen (secondary N) is 1. The lowest BCUT2D eigenvalue weighted by Crippen LogP contribution is -2.38. The van der Waals surface area contributed by atoms with E-state index >= 15 is 0 Å². The highest BCUT2D eigenvalue weighted by atomic mass is 16.5. The molecule has 2 heteroatoms. The summed E-state index contributed by atoms with van der Waals surface area (Å²) in [6.45, 7) is 0.833. The summed E-state index contributed by atoms with van der Waals surface area (Å²) >= 11 is 0. The molecule has 1 unspecified atom stereocenters. The molecule has 1 fully saturated rings. The van der Waals surface area contributed by atoms with Crippen LogP contribution in [0, 0.1) is 0 Å². The Morgan fingerprint density at radius 1 is 1.31 bits per heavy atom. The number of methoxy groups -OCH3 is 1. The number of hydrogen-bond donors (Lipinski definition) is 1. The van der Waals surface area contributed by atoms with Crippen molar-refractivity contribution in [2.24, 2.45) is 0 Å². The Hall–Kier alpha value is -0.860. The standard InChI is InChI=1S/C14H21NO/c1-15-13(8-11-16-2)14(9-10-14)12-6-4-3-5-7-12/h3-7,13,15H,8-11H2,1-2H3. The summed E-state index contributed by atoms with van der Waals surface area (Å²) in [5.41, 5.74) is 1.85. The van der Waals surface area contributed by atoms with Crippen molar-refractivity contribution in [1.29, 1.82) is 0 Å². The molecular weight excluding hydrogens is 198 g/mol. The van der Waals surface area contributed by atoms with Gasteiger partial charge in [0.05, 0.1) is 0 Å². The number of ether oxygens (including phenoxy) is 1. The first kappa shape index (κ1) is 11.6. The van der Waals surface area contributed by atoms with Gasteiger partial charge in [0.1, 0.15) is 0 Å². The van der Waals surface area contributed by atoms with Crippen LogP contribution in [0.15, 0.2) is 30.3 Å². The molecule has 0 radical (unpaired) electrons. The summed E-state index contributed by atoms with van der Waals surface area (Å²) < 4.78 is 5.19. The molecule has 1 aromatic carbocycles. The third kappa shape index (κ3) is 2.13. The molecule has 1 aromatic rings. The van der Waals surface area contributed by atoms with Crippen molar-refractivity contribution in [3.8, 4) is 0 Å². The van der Waals surface area contributed by atoms with Crippen LogP contribution in [0.3, 0.4) is 0 Å². The zero-order valence-corrected chi connectivity index (χ0v) is 10.2. The normalized spacial score (nSPS) is 19.4. The van der Waals surface area contributed by atoms with E-state index in [-0.39, 0.29) is 0 Å². The summed E-state index contributed by atoms with van der Waals surface area (Å²) in [5, 5.41) is 3.46. The lowest BCUT2D eigenvalue weighted by molar-refractivity contribution is 0.177. The molecule has 1 aliphatic carbocycles. The van der Waals surface area contributed by atoms with Gasteiger partial charge in [-0.15, -0.1) is 0 Å². The minimum atomic E-state index is 0.370. The maximum Gasteiger partial charge on any atom is 0.0477 e. The Morgan fingerprint density at radius 3 is 2.50 bits per heavy atom. The van der Waals surface area contributed by atoms with Gasteiger partial charge in [-0.2, -0.15) is 0 Å². The molecule has 1 saturated carbocycles. The fourth-order valence-electron chi connectivity index (χ4n) is 2.68. The number of rotatable bonds is 6. The molecule has 1 N–H and O–H groups in total. The minimum Gasteiger partial charge on any atom is -0.385 e. The second kappa shape index (κ2) is 4.98. The van der Waals surface area contributed by atoms with Crippen LogP contribution in [-0.2, 0) is 10.2 Å². The Labute approximate surface area is 98.0 Å². The predicted molar refractivity (Wildman–Crippen MR) is 66.7 cm³/mol. The van der Waals surface area contributed by atoms with Gasteiger partial charge >= 0.3 is 0 Å². The smallest absolute Gasteiger partial charge is 0.0477 e. The van der Waals surface area contributed by atoms with Crippen LogP contribution in [0.5, 0.6) is 0 Å². The highest BCUT2D eigenvalue weighted by Gasteiger charge is 2.49. The molecule has 0 aliphatic heterocycles. The molecule has 0 spiro atoms. The first-order chi connectivity index (χ1) is 7.83. The molecule has 0 amide bonds. The molecule has 88 valence electrons. The highest BCUT2D eigenvalue weighted by molar-refractivity contribution is 5.33. The van der Waals surface area contributed by atoms with Crippen LogP contribution in [0.4, 0.5) is 0 Å². The minimum absolute atomic E-state index is 0.370. The second-order valence-corrected chi connectivity index (χ2v) is 4.64. The van der Waals surface area contributed by atoms with Crippen molar-refractivity contribution in [2.75, 3.05) is 20.8 Å². The highest BCUT2D eigenvalue weighted by Crippen LogP contribution is 2.51. The van der Waals surface area contributed by atoms with E-state index in [0.29, 0.717) is 11.5 Å². The van der Waals surface area contributed by atoms with Crippen molar-refractivity contribution in [3.63, 3.8) is 0 Å².